The Morgan fingerprint density at radius 1 is 1.04 bits per heavy atom. The third-order valence-corrected chi connectivity index (χ3v) is 10.1. The topological polar surface area (TPSA) is 96.4 Å². The number of sulfonamides is 1. The number of alkyl halides is 5. The number of benzene rings is 3. The Kier molecular flexibility index (Phi) is 7.67. The zero-order valence-corrected chi connectivity index (χ0v) is 24.1. The second-order valence-electron chi connectivity index (χ2n) is 11.7. The maximum atomic E-state index is 14.3. The summed E-state index contributed by atoms with van der Waals surface area (Å²) in [5.74, 6) is -2.48. The van der Waals surface area contributed by atoms with Gasteiger partial charge in [0.25, 0.3) is 10.0 Å². The van der Waals surface area contributed by atoms with Gasteiger partial charge in [-0.25, -0.2) is 12.8 Å². The van der Waals surface area contributed by atoms with E-state index in [9.17, 15) is 44.7 Å². The van der Waals surface area contributed by atoms with Crippen molar-refractivity contribution in [2.45, 2.75) is 36.6 Å². The van der Waals surface area contributed by atoms with E-state index >= 15 is 0 Å². The first-order chi connectivity index (χ1) is 21.1. The van der Waals surface area contributed by atoms with Crippen molar-refractivity contribution in [3.8, 4) is 22.6 Å². The predicted octanol–water partition coefficient (Wildman–Crippen LogP) is 5.87. The van der Waals surface area contributed by atoms with Crippen molar-refractivity contribution in [1.29, 1.82) is 0 Å². The minimum absolute atomic E-state index is 0.0369. The number of rotatable bonds is 8. The molecule has 0 amide bonds. The highest BCUT2D eigenvalue weighted by atomic mass is 32.2. The first-order valence-electron chi connectivity index (χ1n) is 13.8. The van der Waals surface area contributed by atoms with Crippen molar-refractivity contribution in [1.82, 2.24) is 4.90 Å². The largest absolute Gasteiger partial charge is 0.485 e. The van der Waals surface area contributed by atoms with Crippen molar-refractivity contribution in [2.24, 2.45) is 11.3 Å². The van der Waals surface area contributed by atoms with Crippen molar-refractivity contribution in [3.63, 3.8) is 0 Å². The number of anilines is 1. The first kappa shape index (κ1) is 31.0. The maximum Gasteiger partial charge on any atom is 0.416 e. The summed E-state index contributed by atoms with van der Waals surface area (Å²) in [5, 5.41) is 9.21. The number of carbonyl (C=O) groups is 1. The lowest BCUT2D eigenvalue weighted by Gasteiger charge is -2.58. The second-order valence-corrected chi connectivity index (χ2v) is 13.5. The van der Waals surface area contributed by atoms with Crippen molar-refractivity contribution < 1.29 is 54.1 Å². The van der Waals surface area contributed by atoms with Crippen LogP contribution in [0.15, 0.2) is 65.6 Å². The van der Waals surface area contributed by atoms with Gasteiger partial charge in [0.15, 0.2) is 0 Å². The van der Waals surface area contributed by atoms with E-state index in [1.165, 1.54) is 18.2 Å². The number of hydrogen-bond donors (Lipinski definition) is 1. The third kappa shape index (κ3) is 6.15. The van der Waals surface area contributed by atoms with E-state index in [4.69, 9.17) is 4.74 Å². The number of nitrogens with zero attached hydrogens (tertiary/aromatic N) is 2. The molecule has 1 spiro atoms. The average molecular weight is 657 g/mol. The maximum absolute atomic E-state index is 14.3. The highest BCUT2D eigenvalue weighted by molar-refractivity contribution is 7.92. The lowest BCUT2D eigenvalue weighted by Crippen LogP contribution is -2.65. The van der Waals surface area contributed by atoms with Gasteiger partial charge in [0.2, 0.25) is 0 Å². The number of aliphatic carboxylic acids is 1. The van der Waals surface area contributed by atoms with Crippen LogP contribution in [0.2, 0.25) is 0 Å². The molecule has 2 heterocycles. The molecule has 0 bridgehead atoms. The van der Waals surface area contributed by atoms with Crippen LogP contribution in [0.1, 0.15) is 18.4 Å². The summed E-state index contributed by atoms with van der Waals surface area (Å²) in [6, 6.07) is 10.5. The molecular formula is C30H26F6N2O6S. The Labute approximate surface area is 253 Å². The van der Waals surface area contributed by atoms with E-state index in [0.29, 0.717) is 32.0 Å². The van der Waals surface area contributed by atoms with Crippen LogP contribution < -0.4 is 13.8 Å². The van der Waals surface area contributed by atoms with Gasteiger partial charge in [0, 0.05) is 25.7 Å². The molecule has 1 saturated heterocycles. The van der Waals surface area contributed by atoms with Gasteiger partial charge in [-0.1, -0.05) is 12.1 Å². The molecular weight excluding hydrogens is 630 g/mol. The van der Waals surface area contributed by atoms with Crippen LogP contribution in [0.25, 0.3) is 11.1 Å². The van der Waals surface area contributed by atoms with Crippen LogP contribution in [0.4, 0.5) is 32.0 Å². The quantitative estimate of drug-likeness (QED) is 0.303. The first-order valence-corrected chi connectivity index (χ1v) is 15.3. The van der Waals surface area contributed by atoms with Crippen molar-refractivity contribution >= 4 is 21.7 Å². The molecule has 45 heavy (non-hydrogen) atoms. The van der Waals surface area contributed by atoms with E-state index in [2.05, 4.69) is 4.74 Å². The summed E-state index contributed by atoms with van der Waals surface area (Å²) >= 11 is 0. The fraction of sp³-hybridized carbons (Fsp3) is 0.367. The molecule has 0 radical (unpaired) electrons. The lowest BCUT2D eigenvalue weighted by molar-refractivity contribution is -0.161. The van der Waals surface area contributed by atoms with Gasteiger partial charge in [0.1, 0.15) is 23.4 Å². The third-order valence-electron chi connectivity index (χ3n) is 8.36. The monoisotopic (exact) mass is 656 g/mol. The van der Waals surface area contributed by atoms with Crippen LogP contribution >= 0.6 is 0 Å². The van der Waals surface area contributed by atoms with E-state index in [0.717, 1.165) is 40.7 Å². The minimum Gasteiger partial charge on any atom is -0.485 e. The molecule has 2 aliphatic heterocycles. The Bertz CT molecular complexity index is 1740. The van der Waals surface area contributed by atoms with Crippen LogP contribution in [0.3, 0.4) is 0 Å². The smallest absolute Gasteiger partial charge is 0.416 e. The summed E-state index contributed by atoms with van der Waals surface area (Å²) < 4.78 is 120. The molecule has 8 nitrogen and oxygen atoms in total. The summed E-state index contributed by atoms with van der Waals surface area (Å²) in [5.41, 5.74) is -1.00. The molecule has 240 valence electrons. The van der Waals surface area contributed by atoms with Gasteiger partial charge in [0.05, 0.1) is 28.6 Å². The Morgan fingerprint density at radius 2 is 1.78 bits per heavy atom. The Hall–Kier alpha value is -3.98. The van der Waals surface area contributed by atoms with Gasteiger partial charge in [-0.05, 0) is 71.8 Å². The van der Waals surface area contributed by atoms with E-state index < -0.39 is 56.9 Å². The van der Waals surface area contributed by atoms with Gasteiger partial charge in [-0.2, -0.15) is 22.0 Å². The molecule has 3 aromatic rings. The van der Waals surface area contributed by atoms with Crippen LogP contribution in [-0.4, -0.2) is 63.3 Å². The molecule has 15 heteroatoms. The average Bonchev–Trinajstić information content (AvgIpc) is 2.91. The fourth-order valence-electron chi connectivity index (χ4n) is 6.41. The van der Waals surface area contributed by atoms with Crippen LogP contribution in [0.5, 0.6) is 11.5 Å². The summed E-state index contributed by atoms with van der Waals surface area (Å²) in [4.78, 5) is 12.6. The number of likely N-dealkylation sites (tertiary alicyclic amines) is 1. The number of hydrogen-bond acceptors (Lipinski definition) is 6. The predicted molar refractivity (Wildman–Crippen MR) is 148 cm³/mol. The van der Waals surface area contributed by atoms with E-state index in [-0.39, 0.29) is 47.0 Å². The van der Waals surface area contributed by atoms with Crippen LogP contribution in [-0.2, 0) is 21.0 Å². The molecule has 2 fully saturated rings. The van der Waals surface area contributed by atoms with Crippen molar-refractivity contribution in [3.05, 3.63) is 72.0 Å². The summed E-state index contributed by atoms with van der Waals surface area (Å²) in [6.45, 7) is -2.02. The molecule has 0 unspecified atom stereocenters. The fourth-order valence-corrected chi connectivity index (χ4v) is 7.96. The molecule has 6 rings (SSSR count). The number of halogens is 6. The normalized spacial score (nSPS) is 19.9. The van der Waals surface area contributed by atoms with Crippen molar-refractivity contribution in [2.75, 3.05) is 30.5 Å². The van der Waals surface area contributed by atoms with E-state index in [1.54, 1.807) is 0 Å². The summed E-state index contributed by atoms with van der Waals surface area (Å²) in [6.07, 6.45) is -4.43. The highest BCUT2D eigenvalue weighted by Gasteiger charge is 2.55. The minimum atomic E-state index is -4.80. The molecule has 1 aliphatic carbocycles. The number of fused-ring (bicyclic) bond motifs is 1. The van der Waals surface area contributed by atoms with Gasteiger partial charge >= 0.3 is 18.8 Å². The zero-order valence-electron chi connectivity index (χ0n) is 23.3. The zero-order chi connectivity index (χ0) is 32.3. The molecule has 1 N–H and O–H groups in total. The molecule has 3 aromatic carbocycles. The highest BCUT2D eigenvalue weighted by Crippen LogP contribution is 2.52. The Balaban J connectivity index is 1.33. The van der Waals surface area contributed by atoms with Crippen LogP contribution in [0, 0.1) is 17.2 Å². The number of ether oxygens (including phenoxy) is 2. The molecule has 1 saturated carbocycles. The Morgan fingerprint density at radius 3 is 2.44 bits per heavy atom. The standard InChI is InChI=1S/C30H26F6N2O6S/c31-21-6-18(7-22(10-21)44-28(32)33)17-4-5-26-25(8-17)38(45(41,42)24-3-1-2-20(9-24)30(34,35)36)14-23(43-26)13-37-15-29(16-37)11-19(12-29)27(39)40/h1-10,19,23,28H,11-16H2,(H,39,40)/t23-/m0/s1. The number of carboxylic acids is 1. The molecule has 3 aliphatic rings. The number of carboxylic acid groups (broad SMARTS) is 1. The van der Waals surface area contributed by atoms with Gasteiger partial charge in [-0.15, -0.1) is 0 Å². The van der Waals surface area contributed by atoms with E-state index in [1.807, 2.05) is 4.90 Å². The molecule has 1 atom stereocenters. The SMILES string of the molecule is O=C(O)C1CC2(C1)CN(C[C@H]1CN(S(=O)(=O)c3cccc(C(F)(F)F)c3)c3cc(-c4cc(F)cc(OC(F)F)c4)ccc3O1)C2. The lowest BCUT2D eigenvalue weighted by atomic mass is 9.57. The van der Waals surface area contributed by atoms with Gasteiger partial charge < -0.3 is 14.6 Å². The molecule has 0 aromatic heterocycles. The second kappa shape index (κ2) is 11.1. The van der Waals surface area contributed by atoms with Gasteiger partial charge in [-0.3, -0.25) is 14.0 Å². The summed E-state index contributed by atoms with van der Waals surface area (Å²) in [7, 11) is -4.61.